The number of methoxy groups -OCH3 is 1. The zero-order valence-electron chi connectivity index (χ0n) is 11.1. The molecule has 0 spiro atoms. The van der Waals surface area contributed by atoms with Gasteiger partial charge in [0, 0.05) is 19.4 Å². The standard InChI is InChI=1S/C12H25NO3S/c1-10-4-7-12(16-2,8-5-10)11(13)6-9-17(3,14)15/h10-11H,4-9,13H2,1-3H3. The minimum absolute atomic E-state index is 0.148. The van der Waals surface area contributed by atoms with Crippen molar-refractivity contribution in [3.05, 3.63) is 0 Å². The molecule has 1 aliphatic carbocycles. The molecule has 4 nitrogen and oxygen atoms in total. The first-order valence-electron chi connectivity index (χ1n) is 6.27. The Bertz CT molecular complexity index is 332. The number of rotatable bonds is 5. The molecule has 0 amide bonds. The Kier molecular flexibility index (Phi) is 4.98. The summed E-state index contributed by atoms with van der Waals surface area (Å²) in [6.07, 6.45) is 5.84. The summed E-state index contributed by atoms with van der Waals surface area (Å²) < 4.78 is 28.0. The van der Waals surface area contributed by atoms with Crippen molar-refractivity contribution < 1.29 is 13.2 Å². The summed E-state index contributed by atoms with van der Waals surface area (Å²) in [6.45, 7) is 2.24. The van der Waals surface area contributed by atoms with Crippen molar-refractivity contribution in [3.63, 3.8) is 0 Å². The van der Waals surface area contributed by atoms with Gasteiger partial charge in [0.05, 0.1) is 11.4 Å². The fraction of sp³-hybridized carbons (Fsp3) is 1.00. The van der Waals surface area contributed by atoms with E-state index in [0.717, 1.165) is 31.6 Å². The molecular weight excluding hydrogens is 238 g/mol. The molecule has 0 saturated heterocycles. The van der Waals surface area contributed by atoms with E-state index >= 15 is 0 Å². The van der Waals surface area contributed by atoms with Gasteiger partial charge in [-0.15, -0.1) is 0 Å². The normalized spacial score (nSPS) is 32.4. The van der Waals surface area contributed by atoms with Crippen molar-refractivity contribution in [2.75, 3.05) is 19.1 Å². The van der Waals surface area contributed by atoms with Crippen LogP contribution in [0.25, 0.3) is 0 Å². The zero-order chi connectivity index (χ0) is 13.1. The molecule has 1 saturated carbocycles. The molecule has 1 atom stereocenters. The predicted octanol–water partition coefficient (Wildman–Crippen LogP) is 1.34. The Balaban J connectivity index is 2.60. The summed E-state index contributed by atoms with van der Waals surface area (Å²) in [5, 5.41) is 0. The first-order valence-corrected chi connectivity index (χ1v) is 8.33. The molecule has 1 aliphatic rings. The van der Waals surface area contributed by atoms with Gasteiger partial charge in [0.1, 0.15) is 9.84 Å². The highest BCUT2D eigenvalue weighted by atomic mass is 32.2. The van der Waals surface area contributed by atoms with E-state index in [4.69, 9.17) is 10.5 Å². The molecule has 0 radical (unpaired) electrons. The number of hydrogen-bond donors (Lipinski definition) is 1. The fourth-order valence-corrected chi connectivity index (χ4v) is 3.26. The van der Waals surface area contributed by atoms with Crippen LogP contribution < -0.4 is 5.73 Å². The van der Waals surface area contributed by atoms with Gasteiger partial charge in [-0.1, -0.05) is 6.92 Å². The van der Waals surface area contributed by atoms with Crippen molar-refractivity contribution in [1.29, 1.82) is 0 Å². The minimum Gasteiger partial charge on any atom is -0.377 e. The Morgan fingerprint density at radius 1 is 1.41 bits per heavy atom. The third kappa shape index (κ3) is 4.23. The molecule has 1 fully saturated rings. The molecule has 1 unspecified atom stereocenters. The number of nitrogens with two attached hydrogens (primary N) is 1. The van der Waals surface area contributed by atoms with Crippen LogP contribution in [0.15, 0.2) is 0 Å². The van der Waals surface area contributed by atoms with Crippen LogP contribution in [0.2, 0.25) is 0 Å². The Morgan fingerprint density at radius 3 is 2.35 bits per heavy atom. The quantitative estimate of drug-likeness (QED) is 0.812. The van der Waals surface area contributed by atoms with Gasteiger partial charge in [0.25, 0.3) is 0 Å². The van der Waals surface area contributed by atoms with Crippen molar-refractivity contribution in [1.82, 2.24) is 0 Å². The van der Waals surface area contributed by atoms with Gasteiger partial charge in [-0.05, 0) is 38.0 Å². The third-order valence-corrected chi connectivity index (χ3v) is 4.98. The Hall–Kier alpha value is -0.130. The highest BCUT2D eigenvalue weighted by Gasteiger charge is 2.39. The van der Waals surface area contributed by atoms with E-state index in [-0.39, 0.29) is 17.4 Å². The lowest BCUT2D eigenvalue weighted by Crippen LogP contribution is -2.52. The van der Waals surface area contributed by atoms with Gasteiger partial charge in [-0.25, -0.2) is 8.42 Å². The number of ether oxygens (including phenoxy) is 1. The van der Waals surface area contributed by atoms with Crippen LogP contribution in [0, 0.1) is 5.92 Å². The van der Waals surface area contributed by atoms with Gasteiger partial charge >= 0.3 is 0 Å². The van der Waals surface area contributed by atoms with Crippen molar-refractivity contribution >= 4 is 9.84 Å². The Morgan fingerprint density at radius 2 is 1.94 bits per heavy atom. The fourth-order valence-electron chi connectivity index (χ4n) is 2.58. The van der Waals surface area contributed by atoms with Crippen LogP contribution in [0.3, 0.4) is 0 Å². The summed E-state index contributed by atoms with van der Waals surface area (Å²) in [4.78, 5) is 0. The largest absolute Gasteiger partial charge is 0.377 e. The van der Waals surface area contributed by atoms with E-state index in [2.05, 4.69) is 6.92 Å². The highest BCUT2D eigenvalue weighted by molar-refractivity contribution is 7.90. The molecule has 0 aromatic heterocycles. The number of sulfone groups is 1. The van der Waals surface area contributed by atoms with Crippen molar-refractivity contribution in [2.45, 2.75) is 50.7 Å². The van der Waals surface area contributed by atoms with Gasteiger partial charge < -0.3 is 10.5 Å². The van der Waals surface area contributed by atoms with Crippen molar-refractivity contribution in [3.8, 4) is 0 Å². The summed E-state index contributed by atoms with van der Waals surface area (Å²) in [5.74, 6) is 0.870. The topological polar surface area (TPSA) is 69.4 Å². The van der Waals surface area contributed by atoms with Crippen LogP contribution in [0.5, 0.6) is 0 Å². The summed E-state index contributed by atoms with van der Waals surface area (Å²) >= 11 is 0. The maximum Gasteiger partial charge on any atom is 0.147 e. The predicted molar refractivity (Wildman–Crippen MR) is 69.7 cm³/mol. The molecule has 2 N–H and O–H groups in total. The van der Waals surface area contributed by atoms with Gasteiger partial charge in [0.15, 0.2) is 0 Å². The van der Waals surface area contributed by atoms with E-state index in [1.807, 2.05) is 0 Å². The van der Waals surface area contributed by atoms with Gasteiger partial charge in [-0.2, -0.15) is 0 Å². The number of hydrogen-bond acceptors (Lipinski definition) is 4. The van der Waals surface area contributed by atoms with Crippen LogP contribution in [0.1, 0.15) is 39.0 Å². The molecule has 0 aromatic rings. The van der Waals surface area contributed by atoms with Gasteiger partial charge in [-0.3, -0.25) is 0 Å². The first kappa shape index (κ1) is 14.9. The maximum atomic E-state index is 11.2. The van der Waals surface area contributed by atoms with Crippen LogP contribution >= 0.6 is 0 Å². The second-order valence-corrected chi connectivity index (χ2v) is 7.74. The Labute approximate surface area is 105 Å². The molecular formula is C12H25NO3S. The van der Waals surface area contributed by atoms with E-state index in [0.29, 0.717) is 6.42 Å². The van der Waals surface area contributed by atoms with E-state index in [1.54, 1.807) is 7.11 Å². The lowest BCUT2D eigenvalue weighted by molar-refractivity contribution is -0.0665. The van der Waals surface area contributed by atoms with Crippen LogP contribution in [-0.4, -0.2) is 39.2 Å². The molecule has 0 aliphatic heterocycles. The average molecular weight is 263 g/mol. The van der Waals surface area contributed by atoms with E-state index < -0.39 is 9.84 Å². The monoisotopic (exact) mass is 263 g/mol. The second kappa shape index (κ2) is 5.67. The first-order chi connectivity index (χ1) is 7.79. The average Bonchev–Trinajstić information content (AvgIpc) is 2.26. The molecule has 102 valence electrons. The SMILES string of the molecule is COC1(C(N)CCS(C)(=O)=O)CCC(C)CC1. The molecule has 17 heavy (non-hydrogen) atoms. The second-order valence-electron chi connectivity index (χ2n) is 5.48. The molecule has 0 bridgehead atoms. The van der Waals surface area contributed by atoms with Crippen LogP contribution in [0.4, 0.5) is 0 Å². The van der Waals surface area contributed by atoms with Gasteiger partial charge in [0.2, 0.25) is 0 Å². The van der Waals surface area contributed by atoms with E-state index in [9.17, 15) is 8.42 Å². The smallest absolute Gasteiger partial charge is 0.147 e. The lowest BCUT2D eigenvalue weighted by atomic mass is 9.75. The maximum absolute atomic E-state index is 11.2. The summed E-state index contributed by atoms with van der Waals surface area (Å²) in [7, 11) is -1.25. The van der Waals surface area contributed by atoms with E-state index in [1.165, 1.54) is 6.26 Å². The summed E-state index contributed by atoms with van der Waals surface area (Å²) in [6, 6.07) is -0.185. The lowest BCUT2D eigenvalue weighted by Gasteiger charge is -2.42. The minimum atomic E-state index is -2.94. The molecule has 0 aromatic carbocycles. The zero-order valence-corrected chi connectivity index (χ0v) is 11.9. The molecule has 5 heteroatoms. The van der Waals surface area contributed by atoms with Crippen LogP contribution in [-0.2, 0) is 14.6 Å². The molecule has 0 heterocycles. The molecule has 1 rings (SSSR count). The highest BCUT2D eigenvalue weighted by Crippen LogP contribution is 2.37. The van der Waals surface area contributed by atoms with Crippen molar-refractivity contribution in [2.24, 2.45) is 11.7 Å². The summed E-state index contributed by atoms with van der Waals surface area (Å²) in [5.41, 5.74) is 5.85. The third-order valence-electron chi connectivity index (χ3n) is 4.00.